The van der Waals surface area contributed by atoms with Gasteiger partial charge in [-0.3, -0.25) is 4.79 Å². The Morgan fingerprint density at radius 3 is 2.36 bits per heavy atom. The third-order valence-corrected chi connectivity index (χ3v) is 5.66. The van der Waals surface area contributed by atoms with Crippen LogP contribution in [0.2, 0.25) is 5.02 Å². The fraction of sp³-hybridized carbons (Fsp3) is 0.0370. The lowest BCUT2D eigenvalue weighted by Gasteiger charge is -2.11. The lowest BCUT2D eigenvalue weighted by Crippen LogP contribution is -2.11. The SMILES string of the molecule is O=C(Nc1ccc(O)cc1)c1ccc(-c2nc3cc(Cl)ccc3n2Cc2ccccc2)cc1. The Morgan fingerprint density at radius 1 is 0.909 bits per heavy atom. The Labute approximate surface area is 195 Å². The number of halogens is 1. The van der Waals surface area contributed by atoms with Crippen molar-refractivity contribution in [3.63, 3.8) is 0 Å². The summed E-state index contributed by atoms with van der Waals surface area (Å²) in [6.07, 6.45) is 0. The van der Waals surface area contributed by atoms with Gasteiger partial charge in [-0.1, -0.05) is 54.1 Å². The van der Waals surface area contributed by atoms with Crippen LogP contribution in [0.3, 0.4) is 0 Å². The number of nitrogens with zero attached hydrogens (tertiary/aromatic N) is 2. The number of hydrogen-bond donors (Lipinski definition) is 2. The van der Waals surface area contributed by atoms with E-state index in [1.165, 1.54) is 12.1 Å². The molecule has 4 aromatic carbocycles. The number of amides is 1. The van der Waals surface area contributed by atoms with E-state index in [0.717, 1.165) is 28.0 Å². The predicted octanol–water partition coefficient (Wildman–Crippen LogP) is 6.36. The van der Waals surface area contributed by atoms with Gasteiger partial charge in [0.15, 0.2) is 0 Å². The number of anilines is 1. The highest BCUT2D eigenvalue weighted by Gasteiger charge is 2.15. The molecule has 5 nitrogen and oxygen atoms in total. The molecular weight excluding hydrogens is 434 g/mol. The molecular formula is C27H20ClN3O2. The fourth-order valence-electron chi connectivity index (χ4n) is 3.77. The van der Waals surface area contributed by atoms with E-state index in [9.17, 15) is 9.90 Å². The first kappa shape index (κ1) is 20.8. The molecule has 162 valence electrons. The first-order valence-corrected chi connectivity index (χ1v) is 10.9. The highest BCUT2D eigenvalue weighted by molar-refractivity contribution is 6.31. The Kier molecular flexibility index (Phi) is 5.55. The van der Waals surface area contributed by atoms with Gasteiger partial charge >= 0.3 is 0 Å². The number of aromatic nitrogens is 2. The summed E-state index contributed by atoms with van der Waals surface area (Å²) in [7, 11) is 0. The average Bonchev–Trinajstić information content (AvgIpc) is 3.18. The van der Waals surface area contributed by atoms with Crippen molar-refractivity contribution in [1.29, 1.82) is 0 Å². The van der Waals surface area contributed by atoms with E-state index in [-0.39, 0.29) is 11.7 Å². The molecule has 6 heteroatoms. The monoisotopic (exact) mass is 453 g/mol. The largest absolute Gasteiger partial charge is 0.508 e. The maximum atomic E-state index is 12.6. The van der Waals surface area contributed by atoms with E-state index in [1.807, 2.05) is 48.5 Å². The number of aromatic hydroxyl groups is 1. The second kappa shape index (κ2) is 8.81. The molecule has 2 N–H and O–H groups in total. The average molecular weight is 454 g/mol. The van der Waals surface area contributed by atoms with Crippen molar-refractivity contribution in [2.24, 2.45) is 0 Å². The Hall–Kier alpha value is -4.09. The van der Waals surface area contributed by atoms with Gasteiger partial charge in [0.2, 0.25) is 0 Å². The summed E-state index contributed by atoms with van der Waals surface area (Å²) in [6.45, 7) is 0.664. The first-order valence-electron chi connectivity index (χ1n) is 10.5. The highest BCUT2D eigenvalue weighted by Crippen LogP contribution is 2.28. The molecule has 1 aromatic heterocycles. The molecule has 0 radical (unpaired) electrons. The van der Waals surface area contributed by atoms with Gasteiger partial charge in [0.1, 0.15) is 11.6 Å². The number of fused-ring (bicyclic) bond motifs is 1. The van der Waals surface area contributed by atoms with Crippen molar-refractivity contribution in [2.45, 2.75) is 6.54 Å². The zero-order valence-corrected chi connectivity index (χ0v) is 18.3. The predicted molar refractivity (Wildman–Crippen MR) is 132 cm³/mol. The first-order chi connectivity index (χ1) is 16.1. The molecule has 0 unspecified atom stereocenters. The summed E-state index contributed by atoms with van der Waals surface area (Å²) >= 11 is 6.21. The van der Waals surface area contributed by atoms with Crippen LogP contribution in [0.5, 0.6) is 5.75 Å². The highest BCUT2D eigenvalue weighted by atomic mass is 35.5. The summed E-state index contributed by atoms with van der Waals surface area (Å²) in [5, 5.41) is 12.9. The van der Waals surface area contributed by atoms with Gasteiger partial charge < -0.3 is 15.0 Å². The molecule has 0 aliphatic carbocycles. The number of carbonyl (C=O) groups excluding carboxylic acids is 1. The minimum atomic E-state index is -0.225. The lowest BCUT2D eigenvalue weighted by molar-refractivity contribution is 0.102. The summed E-state index contributed by atoms with van der Waals surface area (Å²) in [4.78, 5) is 17.5. The van der Waals surface area contributed by atoms with Gasteiger partial charge in [-0.05, 0) is 60.2 Å². The van der Waals surface area contributed by atoms with Crippen molar-refractivity contribution < 1.29 is 9.90 Å². The van der Waals surface area contributed by atoms with Gasteiger partial charge in [0.25, 0.3) is 5.91 Å². The summed E-state index contributed by atoms with van der Waals surface area (Å²) in [6, 6.07) is 29.6. The molecule has 0 saturated carbocycles. The van der Waals surface area contributed by atoms with Crippen LogP contribution in [0.4, 0.5) is 5.69 Å². The van der Waals surface area contributed by atoms with Gasteiger partial charge in [0, 0.05) is 28.4 Å². The number of imidazole rings is 1. The summed E-state index contributed by atoms with van der Waals surface area (Å²) in [5.41, 5.74) is 5.02. The van der Waals surface area contributed by atoms with E-state index in [0.29, 0.717) is 22.8 Å². The van der Waals surface area contributed by atoms with Crippen molar-refractivity contribution in [1.82, 2.24) is 9.55 Å². The normalized spacial score (nSPS) is 10.9. The van der Waals surface area contributed by atoms with Crippen molar-refractivity contribution >= 4 is 34.2 Å². The maximum absolute atomic E-state index is 12.6. The number of hydrogen-bond acceptors (Lipinski definition) is 3. The molecule has 0 aliphatic rings. The van der Waals surface area contributed by atoms with E-state index in [1.54, 1.807) is 24.3 Å². The van der Waals surface area contributed by atoms with Gasteiger partial charge in [-0.15, -0.1) is 0 Å². The second-order valence-electron chi connectivity index (χ2n) is 7.72. The minimum absolute atomic E-state index is 0.150. The fourth-order valence-corrected chi connectivity index (χ4v) is 3.93. The van der Waals surface area contributed by atoms with Crippen LogP contribution in [-0.2, 0) is 6.54 Å². The van der Waals surface area contributed by atoms with Crippen molar-refractivity contribution in [3.05, 3.63) is 113 Å². The number of phenols is 1. The van der Waals surface area contributed by atoms with E-state index in [4.69, 9.17) is 16.6 Å². The molecule has 0 fully saturated rings. The Bertz CT molecular complexity index is 1430. The van der Waals surface area contributed by atoms with Crippen LogP contribution < -0.4 is 5.32 Å². The molecule has 33 heavy (non-hydrogen) atoms. The molecule has 0 atom stereocenters. The zero-order chi connectivity index (χ0) is 22.8. The molecule has 0 spiro atoms. The number of rotatable bonds is 5. The molecule has 5 aromatic rings. The van der Waals surface area contributed by atoms with E-state index in [2.05, 4.69) is 22.0 Å². The van der Waals surface area contributed by atoms with Crippen molar-refractivity contribution in [2.75, 3.05) is 5.32 Å². The quantitative estimate of drug-likeness (QED) is 0.304. The summed E-state index contributed by atoms with van der Waals surface area (Å²) < 4.78 is 2.16. The number of carbonyl (C=O) groups is 1. The molecule has 1 amide bonds. The number of phenolic OH excluding ortho intramolecular Hbond substituents is 1. The van der Waals surface area contributed by atoms with Crippen LogP contribution in [-0.4, -0.2) is 20.6 Å². The van der Waals surface area contributed by atoms with Gasteiger partial charge in [0.05, 0.1) is 11.0 Å². The molecule has 0 aliphatic heterocycles. The Balaban J connectivity index is 1.47. The van der Waals surface area contributed by atoms with Crippen LogP contribution in [0.1, 0.15) is 15.9 Å². The van der Waals surface area contributed by atoms with Gasteiger partial charge in [-0.25, -0.2) is 4.98 Å². The van der Waals surface area contributed by atoms with E-state index < -0.39 is 0 Å². The van der Waals surface area contributed by atoms with Crippen LogP contribution in [0, 0.1) is 0 Å². The molecule has 0 bridgehead atoms. The Morgan fingerprint density at radius 2 is 1.64 bits per heavy atom. The third-order valence-electron chi connectivity index (χ3n) is 5.42. The van der Waals surface area contributed by atoms with Crippen LogP contribution in [0.15, 0.2) is 97.1 Å². The van der Waals surface area contributed by atoms with E-state index >= 15 is 0 Å². The number of benzene rings is 4. The van der Waals surface area contributed by atoms with Gasteiger partial charge in [-0.2, -0.15) is 0 Å². The van der Waals surface area contributed by atoms with Crippen molar-refractivity contribution in [3.8, 4) is 17.1 Å². The minimum Gasteiger partial charge on any atom is -0.508 e. The molecule has 1 heterocycles. The van der Waals surface area contributed by atoms with Crippen LogP contribution in [0.25, 0.3) is 22.4 Å². The smallest absolute Gasteiger partial charge is 0.255 e. The third kappa shape index (κ3) is 4.45. The molecule has 5 rings (SSSR count). The summed E-state index contributed by atoms with van der Waals surface area (Å²) in [5.74, 6) is 0.732. The second-order valence-corrected chi connectivity index (χ2v) is 8.15. The zero-order valence-electron chi connectivity index (χ0n) is 17.6. The lowest BCUT2D eigenvalue weighted by atomic mass is 10.1. The standard InChI is InChI=1S/C27H20ClN3O2/c28-21-10-15-25-24(16-21)30-26(31(25)17-18-4-2-1-3-5-18)19-6-8-20(9-7-19)27(33)29-22-11-13-23(32)14-12-22/h1-16,32H,17H2,(H,29,33). The topological polar surface area (TPSA) is 67.2 Å². The number of nitrogens with one attached hydrogen (secondary N) is 1. The van der Waals surface area contributed by atoms with Crippen LogP contribution >= 0.6 is 11.6 Å². The molecule has 0 saturated heterocycles. The maximum Gasteiger partial charge on any atom is 0.255 e.